The van der Waals surface area contributed by atoms with Crippen LogP contribution in [0.1, 0.15) is 31.4 Å². The van der Waals surface area contributed by atoms with Gasteiger partial charge in [-0.2, -0.15) is 9.61 Å². The van der Waals surface area contributed by atoms with Gasteiger partial charge in [0.1, 0.15) is 6.33 Å². The van der Waals surface area contributed by atoms with E-state index in [1.807, 2.05) is 31.1 Å². The Balaban J connectivity index is 1.39. The molecule has 1 aliphatic carbocycles. The fourth-order valence-electron chi connectivity index (χ4n) is 3.22. The Morgan fingerprint density at radius 3 is 2.83 bits per heavy atom. The summed E-state index contributed by atoms with van der Waals surface area (Å²) in [5.74, 6) is 0. The molecule has 1 aliphatic rings. The first-order chi connectivity index (χ1) is 11.7. The second-order valence-electron chi connectivity index (χ2n) is 6.36. The van der Waals surface area contributed by atoms with E-state index in [0.717, 1.165) is 35.0 Å². The maximum Gasteiger partial charge on any atom is 0.200 e. The number of aryl methyl sites for hydroxylation is 2. The molecule has 0 amide bonds. The van der Waals surface area contributed by atoms with E-state index in [-0.39, 0.29) is 0 Å². The Morgan fingerprint density at radius 2 is 2.08 bits per heavy atom. The summed E-state index contributed by atoms with van der Waals surface area (Å²) in [4.78, 5) is 4.42. The lowest BCUT2D eigenvalue weighted by Crippen LogP contribution is -2.27. The van der Waals surface area contributed by atoms with E-state index in [1.54, 1.807) is 10.8 Å². The number of hydrogen-bond acceptors (Lipinski definition) is 6. The van der Waals surface area contributed by atoms with Crippen LogP contribution in [0.25, 0.3) is 5.65 Å². The number of rotatable bonds is 4. The van der Waals surface area contributed by atoms with Crippen LogP contribution in [0.5, 0.6) is 0 Å². The molecule has 0 saturated heterocycles. The Hall–Kier alpha value is -2.09. The van der Waals surface area contributed by atoms with Crippen LogP contribution in [0.15, 0.2) is 29.9 Å². The van der Waals surface area contributed by atoms with Crippen molar-refractivity contribution in [3.8, 4) is 0 Å². The molecule has 0 bridgehead atoms. The van der Waals surface area contributed by atoms with Crippen LogP contribution >= 0.6 is 11.8 Å². The lowest BCUT2D eigenvalue weighted by molar-refractivity contribution is 0.472. The number of anilines is 1. The van der Waals surface area contributed by atoms with Crippen molar-refractivity contribution in [2.75, 3.05) is 5.32 Å². The average molecular weight is 343 g/mol. The first-order valence-electron chi connectivity index (χ1n) is 8.27. The fourth-order valence-corrected chi connectivity index (χ4v) is 4.37. The molecule has 0 aliphatic heterocycles. The summed E-state index contributed by atoms with van der Waals surface area (Å²) in [7, 11) is 2.05. The van der Waals surface area contributed by atoms with Gasteiger partial charge in [0.25, 0.3) is 0 Å². The van der Waals surface area contributed by atoms with Gasteiger partial charge >= 0.3 is 0 Å². The average Bonchev–Trinajstić information content (AvgIpc) is 3.18. The van der Waals surface area contributed by atoms with Gasteiger partial charge < -0.3 is 9.88 Å². The summed E-state index contributed by atoms with van der Waals surface area (Å²) in [5, 5.41) is 17.9. The van der Waals surface area contributed by atoms with E-state index in [0.29, 0.717) is 11.3 Å². The van der Waals surface area contributed by atoms with Crippen molar-refractivity contribution in [3.05, 3.63) is 30.5 Å². The summed E-state index contributed by atoms with van der Waals surface area (Å²) in [6.07, 6.45) is 10.2. The predicted octanol–water partition coefficient (Wildman–Crippen LogP) is 2.68. The SMILES string of the molecule is Cc1cc(NC2CCC(Sc3nccn3C)CC2)c2nncn2n1. The molecule has 3 heterocycles. The van der Waals surface area contributed by atoms with Crippen LogP contribution in [-0.4, -0.2) is 40.7 Å². The van der Waals surface area contributed by atoms with Gasteiger partial charge in [0, 0.05) is 30.7 Å². The number of aromatic nitrogens is 6. The van der Waals surface area contributed by atoms with Gasteiger partial charge in [-0.1, -0.05) is 11.8 Å². The molecule has 3 aromatic heterocycles. The number of nitrogens with one attached hydrogen (secondary N) is 1. The molecule has 8 heteroatoms. The smallest absolute Gasteiger partial charge is 0.200 e. The number of hydrogen-bond donors (Lipinski definition) is 1. The molecule has 0 atom stereocenters. The van der Waals surface area contributed by atoms with Crippen LogP contribution in [0, 0.1) is 6.92 Å². The molecule has 1 saturated carbocycles. The lowest BCUT2D eigenvalue weighted by Gasteiger charge is -2.29. The van der Waals surface area contributed by atoms with Gasteiger partial charge in [0.05, 0.1) is 11.4 Å². The highest BCUT2D eigenvalue weighted by atomic mass is 32.2. The zero-order chi connectivity index (χ0) is 16.5. The zero-order valence-electron chi connectivity index (χ0n) is 13.9. The zero-order valence-corrected chi connectivity index (χ0v) is 14.7. The van der Waals surface area contributed by atoms with E-state index in [9.17, 15) is 0 Å². The topological polar surface area (TPSA) is 72.9 Å². The van der Waals surface area contributed by atoms with Gasteiger partial charge in [-0.05, 0) is 38.7 Å². The van der Waals surface area contributed by atoms with Crippen molar-refractivity contribution >= 4 is 23.1 Å². The van der Waals surface area contributed by atoms with Gasteiger partial charge in [-0.15, -0.1) is 10.2 Å². The van der Waals surface area contributed by atoms with Gasteiger partial charge in [-0.25, -0.2) is 4.98 Å². The summed E-state index contributed by atoms with van der Waals surface area (Å²) >= 11 is 1.90. The fraction of sp³-hybridized carbons (Fsp3) is 0.500. The maximum absolute atomic E-state index is 4.42. The van der Waals surface area contributed by atoms with Crippen molar-refractivity contribution in [3.63, 3.8) is 0 Å². The van der Waals surface area contributed by atoms with E-state index in [4.69, 9.17) is 0 Å². The van der Waals surface area contributed by atoms with Crippen molar-refractivity contribution in [2.45, 2.75) is 49.1 Å². The third-order valence-electron chi connectivity index (χ3n) is 4.47. The molecule has 7 nitrogen and oxygen atoms in total. The van der Waals surface area contributed by atoms with Crippen LogP contribution in [-0.2, 0) is 7.05 Å². The Bertz CT molecular complexity index is 832. The van der Waals surface area contributed by atoms with Crippen LogP contribution in [0.3, 0.4) is 0 Å². The first kappa shape index (κ1) is 15.4. The lowest BCUT2D eigenvalue weighted by atomic mass is 9.95. The van der Waals surface area contributed by atoms with E-state index in [2.05, 4.69) is 43.3 Å². The van der Waals surface area contributed by atoms with Gasteiger partial charge in [0.2, 0.25) is 5.65 Å². The monoisotopic (exact) mass is 343 g/mol. The Kier molecular flexibility index (Phi) is 4.13. The highest BCUT2D eigenvalue weighted by molar-refractivity contribution is 7.99. The van der Waals surface area contributed by atoms with Crippen LogP contribution in [0.2, 0.25) is 0 Å². The van der Waals surface area contributed by atoms with Crippen molar-refractivity contribution in [2.24, 2.45) is 7.05 Å². The van der Waals surface area contributed by atoms with Crippen molar-refractivity contribution in [1.82, 2.24) is 29.4 Å². The molecule has 0 aromatic carbocycles. The van der Waals surface area contributed by atoms with Gasteiger partial charge in [0.15, 0.2) is 5.16 Å². The van der Waals surface area contributed by atoms with E-state index < -0.39 is 0 Å². The highest BCUT2D eigenvalue weighted by Gasteiger charge is 2.23. The van der Waals surface area contributed by atoms with Crippen LogP contribution < -0.4 is 5.32 Å². The molecular formula is C16H21N7S. The molecule has 24 heavy (non-hydrogen) atoms. The van der Waals surface area contributed by atoms with Crippen LogP contribution in [0.4, 0.5) is 5.69 Å². The highest BCUT2D eigenvalue weighted by Crippen LogP contribution is 2.34. The second-order valence-corrected chi connectivity index (χ2v) is 7.62. The molecule has 4 rings (SSSR count). The van der Waals surface area contributed by atoms with Crippen molar-refractivity contribution < 1.29 is 0 Å². The number of thioether (sulfide) groups is 1. The normalized spacial score (nSPS) is 21.2. The quantitative estimate of drug-likeness (QED) is 0.785. The summed E-state index contributed by atoms with van der Waals surface area (Å²) < 4.78 is 3.83. The third-order valence-corrected chi connectivity index (χ3v) is 5.88. The third kappa shape index (κ3) is 3.10. The molecule has 3 aromatic rings. The van der Waals surface area contributed by atoms with E-state index in [1.165, 1.54) is 12.8 Å². The van der Waals surface area contributed by atoms with E-state index >= 15 is 0 Å². The van der Waals surface area contributed by atoms with Crippen molar-refractivity contribution in [1.29, 1.82) is 0 Å². The minimum atomic E-state index is 0.477. The number of fused-ring (bicyclic) bond motifs is 1. The maximum atomic E-state index is 4.42. The summed E-state index contributed by atoms with van der Waals surface area (Å²) in [6, 6.07) is 2.53. The molecule has 1 N–H and O–H groups in total. The predicted molar refractivity (Wildman–Crippen MR) is 94.3 cm³/mol. The molecular weight excluding hydrogens is 322 g/mol. The second kappa shape index (κ2) is 6.43. The minimum absolute atomic E-state index is 0.477. The largest absolute Gasteiger partial charge is 0.379 e. The molecule has 126 valence electrons. The Morgan fingerprint density at radius 1 is 1.25 bits per heavy atom. The summed E-state index contributed by atoms with van der Waals surface area (Å²) in [5.41, 5.74) is 2.79. The Labute approximate surface area is 144 Å². The number of imidazole rings is 1. The summed E-state index contributed by atoms with van der Waals surface area (Å²) in [6.45, 7) is 1.99. The standard InChI is InChI=1S/C16H21N7S/c1-11-9-14(15-20-18-10-23(15)21-11)19-12-3-5-13(6-4-12)24-16-17-7-8-22(16)2/h7-10,12-13,19H,3-6H2,1-2H3. The minimum Gasteiger partial charge on any atom is -0.379 e. The molecule has 0 spiro atoms. The molecule has 0 radical (unpaired) electrons. The molecule has 0 unspecified atom stereocenters. The molecule has 1 fully saturated rings. The van der Waals surface area contributed by atoms with Gasteiger partial charge in [-0.3, -0.25) is 0 Å². The first-order valence-corrected chi connectivity index (χ1v) is 9.15. The number of nitrogens with zero attached hydrogens (tertiary/aromatic N) is 6.